The highest BCUT2D eigenvalue weighted by atomic mass is 79.9. The van der Waals surface area contributed by atoms with Crippen LogP contribution in [-0.4, -0.2) is 40.2 Å². The molecule has 2 bridgehead atoms. The van der Waals surface area contributed by atoms with Gasteiger partial charge >= 0.3 is 5.97 Å². The fraction of sp³-hybridized carbons (Fsp3) is 0.368. The second-order valence-corrected chi connectivity index (χ2v) is 8.41. The number of ether oxygens (including phenoxy) is 1. The van der Waals surface area contributed by atoms with Gasteiger partial charge in [0, 0.05) is 0 Å². The van der Waals surface area contributed by atoms with Crippen LogP contribution < -0.4 is 4.74 Å². The number of hydrogen-bond acceptors (Lipinski definition) is 5. The molecule has 1 aromatic rings. The Balaban J connectivity index is 1.53. The summed E-state index contributed by atoms with van der Waals surface area (Å²) in [5, 5.41) is 14.2. The number of aliphatic carboxylic acids is 1. The van der Waals surface area contributed by atoms with Crippen LogP contribution in [0.25, 0.3) is 0 Å². The standard InChI is InChI=1S/C19H16BrClN2O5/c1-8(19(26)27)28-16-12(20)4-9(5-13(16)21)7-22-23-17(24)14-10-2-3-11(6-10)15(14)18(23)25/h2-5,7-8,10-11,14-15H,6H2,1H3,(H,26,27)/t8-,10-,11-,14-,15+/m0/s1. The maximum Gasteiger partial charge on any atom is 0.344 e. The molecule has 3 aliphatic rings. The van der Waals surface area contributed by atoms with Crippen molar-refractivity contribution >= 4 is 51.5 Å². The number of carboxylic acids is 1. The number of fused-ring (bicyclic) bond motifs is 5. The summed E-state index contributed by atoms with van der Waals surface area (Å²) >= 11 is 9.49. The molecule has 146 valence electrons. The van der Waals surface area contributed by atoms with Crippen LogP contribution in [0.15, 0.2) is 33.9 Å². The van der Waals surface area contributed by atoms with Crippen LogP contribution in [0.2, 0.25) is 5.02 Å². The Hall–Kier alpha value is -2.19. The first-order chi connectivity index (χ1) is 13.3. The van der Waals surface area contributed by atoms with E-state index in [-0.39, 0.29) is 46.3 Å². The van der Waals surface area contributed by atoms with E-state index in [2.05, 4.69) is 21.0 Å². The summed E-state index contributed by atoms with van der Waals surface area (Å²) in [4.78, 5) is 36.2. The van der Waals surface area contributed by atoms with Gasteiger partial charge in [0.2, 0.25) is 0 Å². The highest BCUT2D eigenvalue weighted by molar-refractivity contribution is 9.10. The molecule has 0 unspecified atom stereocenters. The zero-order valence-corrected chi connectivity index (χ0v) is 17.1. The molecular weight excluding hydrogens is 452 g/mol. The van der Waals surface area contributed by atoms with Crippen molar-refractivity contribution in [2.24, 2.45) is 28.8 Å². The fourth-order valence-corrected chi connectivity index (χ4v) is 5.08. The fourth-order valence-electron chi connectivity index (χ4n) is 4.12. The summed E-state index contributed by atoms with van der Waals surface area (Å²) in [6.45, 7) is 1.39. The van der Waals surface area contributed by atoms with Crippen molar-refractivity contribution in [1.29, 1.82) is 0 Å². The molecule has 2 aliphatic carbocycles. The molecule has 1 aliphatic heterocycles. The van der Waals surface area contributed by atoms with E-state index in [1.807, 2.05) is 12.2 Å². The Labute approximate surface area is 174 Å². The number of hydrogen-bond donors (Lipinski definition) is 1. The van der Waals surface area contributed by atoms with E-state index in [1.165, 1.54) is 19.2 Å². The second kappa shape index (κ2) is 7.00. The van der Waals surface area contributed by atoms with Crippen molar-refractivity contribution < 1.29 is 24.2 Å². The van der Waals surface area contributed by atoms with Gasteiger partial charge in [0.1, 0.15) is 0 Å². The Kier molecular flexibility index (Phi) is 4.79. The molecule has 7 nitrogen and oxygen atoms in total. The lowest BCUT2D eigenvalue weighted by atomic mass is 9.85. The van der Waals surface area contributed by atoms with Crippen molar-refractivity contribution in [1.82, 2.24) is 5.01 Å². The maximum atomic E-state index is 12.6. The van der Waals surface area contributed by atoms with Crippen molar-refractivity contribution in [3.05, 3.63) is 39.3 Å². The van der Waals surface area contributed by atoms with Crippen LogP contribution in [0.1, 0.15) is 18.9 Å². The topological polar surface area (TPSA) is 96.3 Å². The molecule has 0 spiro atoms. The van der Waals surface area contributed by atoms with Crippen molar-refractivity contribution in [3.63, 3.8) is 0 Å². The van der Waals surface area contributed by atoms with Gasteiger partial charge in [0.05, 0.1) is 27.5 Å². The van der Waals surface area contributed by atoms with Crippen LogP contribution in [-0.2, 0) is 14.4 Å². The molecule has 28 heavy (non-hydrogen) atoms. The Morgan fingerprint density at radius 3 is 2.46 bits per heavy atom. The summed E-state index contributed by atoms with van der Waals surface area (Å²) in [7, 11) is 0. The van der Waals surface area contributed by atoms with Gasteiger partial charge in [-0.25, -0.2) is 4.79 Å². The zero-order valence-electron chi connectivity index (χ0n) is 14.7. The smallest absolute Gasteiger partial charge is 0.344 e. The third-order valence-electron chi connectivity index (χ3n) is 5.43. The number of carbonyl (C=O) groups excluding carboxylic acids is 2. The summed E-state index contributed by atoms with van der Waals surface area (Å²) in [6.07, 6.45) is 5.23. The number of allylic oxidation sites excluding steroid dienone is 2. The number of amides is 2. The third-order valence-corrected chi connectivity index (χ3v) is 6.30. The third kappa shape index (κ3) is 3.04. The van der Waals surface area contributed by atoms with Crippen LogP contribution in [0.5, 0.6) is 5.75 Å². The molecule has 1 heterocycles. The van der Waals surface area contributed by atoms with Gasteiger partial charge in [-0.1, -0.05) is 23.8 Å². The number of imide groups is 1. The zero-order chi connectivity index (χ0) is 20.2. The Bertz CT molecular complexity index is 893. The lowest BCUT2D eigenvalue weighted by Gasteiger charge is -2.14. The summed E-state index contributed by atoms with van der Waals surface area (Å²) in [6, 6.07) is 3.15. The second-order valence-electron chi connectivity index (χ2n) is 7.14. The first-order valence-corrected chi connectivity index (χ1v) is 9.93. The molecule has 4 rings (SSSR count). The van der Waals surface area contributed by atoms with Gasteiger partial charge in [0.25, 0.3) is 11.8 Å². The van der Waals surface area contributed by atoms with Gasteiger partial charge in [0.15, 0.2) is 11.9 Å². The maximum absolute atomic E-state index is 12.6. The van der Waals surface area contributed by atoms with Gasteiger partial charge < -0.3 is 9.84 Å². The highest BCUT2D eigenvalue weighted by Crippen LogP contribution is 2.52. The van der Waals surface area contributed by atoms with E-state index in [0.29, 0.717) is 10.0 Å². The van der Waals surface area contributed by atoms with E-state index in [4.69, 9.17) is 21.4 Å². The van der Waals surface area contributed by atoms with E-state index < -0.39 is 12.1 Å². The predicted octanol–water partition coefficient (Wildman–Crippen LogP) is 3.10. The summed E-state index contributed by atoms with van der Waals surface area (Å²) in [5.74, 6) is -1.79. The molecule has 1 aromatic carbocycles. The van der Waals surface area contributed by atoms with Crippen LogP contribution in [0, 0.1) is 23.7 Å². The van der Waals surface area contributed by atoms with Crippen LogP contribution in [0.4, 0.5) is 0 Å². The summed E-state index contributed by atoms with van der Waals surface area (Å²) < 4.78 is 5.77. The molecule has 2 amide bonds. The number of rotatable bonds is 5. The van der Waals surface area contributed by atoms with Gasteiger partial charge in [-0.05, 0) is 58.8 Å². The number of halogens is 2. The largest absolute Gasteiger partial charge is 0.479 e. The molecular formula is C19H16BrClN2O5. The minimum Gasteiger partial charge on any atom is -0.479 e. The highest BCUT2D eigenvalue weighted by Gasteiger charge is 2.59. The van der Waals surface area contributed by atoms with Gasteiger partial charge in [-0.2, -0.15) is 10.1 Å². The first kappa shape index (κ1) is 19.1. The minimum absolute atomic E-state index is 0.128. The summed E-state index contributed by atoms with van der Waals surface area (Å²) in [5.41, 5.74) is 0.533. The molecule has 0 radical (unpaired) electrons. The number of carbonyl (C=O) groups is 3. The van der Waals surface area contributed by atoms with E-state index in [9.17, 15) is 14.4 Å². The van der Waals surface area contributed by atoms with Crippen LogP contribution in [0.3, 0.4) is 0 Å². The lowest BCUT2D eigenvalue weighted by Crippen LogP contribution is -2.28. The normalized spacial score (nSPS) is 29.0. The molecule has 9 heteroatoms. The molecule has 2 fully saturated rings. The first-order valence-electron chi connectivity index (χ1n) is 8.76. The average molecular weight is 468 g/mol. The minimum atomic E-state index is -1.12. The number of carboxylic acid groups (broad SMARTS) is 1. The molecule has 1 saturated carbocycles. The molecule has 5 atom stereocenters. The van der Waals surface area contributed by atoms with Crippen molar-refractivity contribution in [2.75, 3.05) is 0 Å². The van der Waals surface area contributed by atoms with Crippen molar-refractivity contribution in [2.45, 2.75) is 19.4 Å². The molecule has 1 saturated heterocycles. The Morgan fingerprint density at radius 1 is 1.32 bits per heavy atom. The number of nitrogens with zero attached hydrogens (tertiary/aromatic N) is 2. The van der Waals surface area contributed by atoms with E-state index >= 15 is 0 Å². The average Bonchev–Trinajstić information content (AvgIpc) is 3.31. The molecule has 1 N–H and O–H groups in total. The Morgan fingerprint density at radius 2 is 1.93 bits per heavy atom. The van der Waals surface area contributed by atoms with Gasteiger partial charge in [-0.15, -0.1) is 0 Å². The van der Waals surface area contributed by atoms with Crippen LogP contribution >= 0.6 is 27.5 Å². The number of benzene rings is 1. The lowest BCUT2D eigenvalue weighted by molar-refractivity contribution is -0.144. The van der Waals surface area contributed by atoms with E-state index in [1.54, 1.807) is 6.07 Å². The predicted molar refractivity (Wildman–Crippen MR) is 104 cm³/mol. The SMILES string of the molecule is C[C@H](Oc1c(Cl)cc(C=NN2C(=O)[C@@H]3[C@H](C2=O)[C@H]2C=C[C@H]3C2)cc1Br)C(=O)O. The monoisotopic (exact) mass is 466 g/mol. The van der Waals surface area contributed by atoms with E-state index in [0.717, 1.165) is 11.4 Å². The van der Waals surface area contributed by atoms with Crippen molar-refractivity contribution in [3.8, 4) is 5.75 Å². The number of hydrazone groups is 1. The van der Waals surface area contributed by atoms with Gasteiger partial charge in [-0.3, -0.25) is 9.59 Å². The molecule has 0 aromatic heterocycles. The quantitative estimate of drug-likeness (QED) is 0.408.